The second kappa shape index (κ2) is 8.44. The van der Waals surface area contributed by atoms with Gasteiger partial charge in [-0.15, -0.1) is 0 Å². The van der Waals surface area contributed by atoms with Crippen LogP contribution in [0.1, 0.15) is 32.9 Å². The summed E-state index contributed by atoms with van der Waals surface area (Å²) in [6, 6.07) is -19.0. The highest BCUT2D eigenvalue weighted by atomic mass is 16.5. The fourth-order valence-corrected chi connectivity index (χ4v) is 5.64. The Morgan fingerprint density at radius 1 is 0.349 bits per heavy atom. The van der Waals surface area contributed by atoms with Gasteiger partial charge >= 0.3 is 0 Å². The van der Waals surface area contributed by atoms with Crippen molar-refractivity contribution < 1.29 is 37.6 Å². The molecule has 0 bridgehead atoms. The molecule has 43 heavy (non-hydrogen) atoms. The molecule has 10 rings (SSSR count). The van der Waals surface area contributed by atoms with Crippen LogP contribution in [0.5, 0.6) is 11.5 Å². The fraction of sp³-hybridized carbons (Fsp3) is 0. The van der Waals surface area contributed by atoms with Gasteiger partial charge in [-0.05, 0) is 94.4 Å². The predicted octanol–water partition coefficient (Wildman–Crippen LogP) is 12.0. The van der Waals surface area contributed by atoms with Crippen LogP contribution in [0.3, 0.4) is 0 Å². The molecule has 9 aromatic carbocycles. The zero-order valence-corrected chi connectivity index (χ0v) is 21.4. The van der Waals surface area contributed by atoms with E-state index in [0.29, 0.717) is 0 Å². The monoisotopic (exact) mass is 568 g/mol. The third-order valence-corrected chi connectivity index (χ3v) is 7.51. The summed E-state index contributed by atoms with van der Waals surface area (Å²) in [5.41, 5.74) is -3.51. The summed E-state index contributed by atoms with van der Waals surface area (Å²) in [4.78, 5) is 0. The van der Waals surface area contributed by atoms with Crippen molar-refractivity contribution in [1.29, 1.82) is 0 Å². The second-order valence-electron chi connectivity index (χ2n) is 9.76. The van der Waals surface area contributed by atoms with Crippen LogP contribution in [-0.4, -0.2) is 0 Å². The lowest BCUT2D eigenvalue weighted by molar-refractivity contribution is 0.487. The van der Waals surface area contributed by atoms with Crippen LogP contribution in [0.4, 0.5) is 0 Å². The number of rotatable bonds is 2. The molecule has 1 aliphatic rings. The molecule has 1 nitrogen and oxygen atoms in total. The van der Waals surface area contributed by atoms with Crippen LogP contribution in [0.2, 0.25) is 0 Å². The van der Waals surface area contributed by atoms with Crippen molar-refractivity contribution in [2.24, 2.45) is 0 Å². The molecular formula is C42H24O. The summed E-state index contributed by atoms with van der Waals surface area (Å²) in [7, 11) is 0. The Morgan fingerprint density at radius 3 is 1.86 bits per heavy atom. The zero-order chi connectivity index (χ0) is 49.0. The first-order chi connectivity index (χ1) is 31.3. The summed E-state index contributed by atoms with van der Waals surface area (Å²) in [6.45, 7) is 0. The summed E-state index contributed by atoms with van der Waals surface area (Å²) in [5, 5.41) is -4.10. The van der Waals surface area contributed by atoms with Crippen molar-refractivity contribution in [3.63, 3.8) is 0 Å². The van der Waals surface area contributed by atoms with Gasteiger partial charge in [0.2, 0.25) is 0 Å². The molecule has 9 aromatic rings. The second-order valence-corrected chi connectivity index (χ2v) is 9.76. The lowest BCUT2D eigenvalue weighted by atomic mass is 9.86. The van der Waals surface area contributed by atoms with Gasteiger partial charge in [0.25, 0.3) is 0 Å². The van der Waals surface area contributed by atoms with Gasteiger partial charge in [-0.3, -0.25) is 0 Å². The van der Waals surface area contributed by atoms with Crippen LogP contribution in [-0.2, 0) is 0 Å². The number of ether oxygens (including phenoxy) is 1. The first-order valence-electron chi connectivity index (χ1n) is 24.9. The highest BCUT2D eigenvalue weighted by Gasteiger charge is 2.23. The highest BCUT2D eigenvalue weighted by molar-refractivity contribution is 6.26. The lowest BCUT2D eigenvalue weighted by Crippen LogP contribution is -1.98. The topological polar surface area (TPSA) is 9.23 Å². The molecule has 0 saturated carbocycles. The van der Waals surface area contributed by atoms with Gasteiger partial charge in [0, 0.05) is 10.9 Å². The zero-order valence-electron chi connectivity index (χ0n) is 45.4. The minimum atomic E-state index is -0.898. The van der Waals surface area contributed by atoms with Gasteiger partial charge in [0.05, 0.1) is 32.9 Å². The van der Waals surface area contributed by atoms with E-state index in [1.54, 1.807) is 0 Å². The predicted molar refractivity (Wildman–Crippen MR) is 182 cm³/mol. The number of fused-ring (bicyclic) bond motifs is 3. The minimum absolute atomic E-state index is 0.230. The Morgan fingerprint density at radius 2 is 0.953 bits per heavy atom. The van der Waals surface area contributed by atoms with Crippen LogP contribution in [0.25, 0.3) is 87.2 Å². The van der Waals surface area contributed by atoms with Crippen molar-refractivity contribution in [2.75, 3.05) is 0 Å². The first-order valence-corrected chi connectivity index (χ1v) is 12.9. The maximum atomic E-state index is 9.66. The molecule has 0 N–H and O–H groups in total. The largest absolute Gasteiger partial charge is 0.456 e. The molecule has 0 aliphatic carbocycles. The SMILES string of the molecule is [2H]c1c([2H])c(-c2c([2H])c([2H])c([2H])c3c([2H])c([2H])c([2H])c([2H])c23)c([2H])c2c1Oc1c([2H])c([2H])c(-c3c([2H])c([2H])c4c([2H])c([2H])c5c([2H])c([2H])c([2H])c6c([2H])c([2H])c3c4c56)c3c([2H])c([2H])c([2H])c-2c13. The third kappa shape index (κ3) is 3.17. The maximum Gasteiger partial charge on any atom is 0.135 e. The molecule has 0 fully saturated rings. The summed E-state index contributed by atoms with van der Waals surface area (Å²) >= 11 is 0. The summed E-state index contributed by atoms with van der Waals surface area (Å²) in [5.74, 6) is -1.28. The Hall–Kier alpha value is -5.66. The summed E-state index contributed by atoms with van der Waals surface area (Å²) in [6.07, 6.45) is 0. The van der Waals surface area contributed by atoms with E-state index in [9.17, 15) is 12.3 Å². The van der Waals surface area contributed by atoms with E-state index in [1.165, 1.54) is 0 Å². The van der Waals surface area contributed by atoms with E-state index < -0.39 is 222 Å². The number of hydrogen-bond donors (Lipinski definition) is 0. The van der Waals surface area contributed by atoms with Gasteiger partial charge in [-0.2, -0.15) is 0 Å². The van der Waals surface area contributed by atoms with Gasteiger partial charge in [0.15, 0.2) is 0 Å². The molecule has 1 aliphatic heterocycles. The molecule has 0 radical (unpaired) electrons. The van der Waals surface area contributed by atoms with E-state index in [-0.39, 0.29) is 21.5 Å². The van der Waals surface area contributed by atoms with Crippen LogP contribution < -0.4 is 4.74 Å². The van der Waals surface area contributed by atoms with Gasteiger partial charge in [-0.1, -0.05) is 127 Å². The van der Waals surface area contributed by atoms with Crippen LogP contribution >= 0.6 is 0 Å². The molecule has 198 valence electrons. The molecule has 0 unspecified atom stereocenters. The van der Waals surface area contributed by atoms with E-state index in [0.717, 1.165) is 0 Å². The Bertz CT molecular complexity index is 3900. The highest BCUT2D eigenvalue weighted by Crippen LogP contribution is 2.50. The quantitative estimate of drug-likeness (QED) is 0.188. The third-order valence-electron chi connectivity index (χ3n) is 7.51. The van der Waals surface area contributed by atoms with E-state index in [2.05, 4.69) is 0 Å². The van der Waals surface area contributed by atoms with Crippen molar-refractivity contribution in [1.82, 2.24) is 0 Å². The van der Waals surface area contributed by atoms with Crippen LogP contribution in [0, 0.1) is 0 Å². The summed E-state index contributed by atoms with van der Waals surface area (Å²) < 4.78 is 221. The van der Waals surface area contributed by atoms with E-state index >= 15 is 0 Å². The standard InChI is InChI=1S/C42H24O/c1-2-10-30-25(6-1)7-4-11-31(30)29-18-22-38-37(24-29)35-13-5-12-34-33(21-23-39(43-38)42(34)35)32-19-16-28-15-14-26-8-3-9-27-17-20-36(32)41(28)40(26)27/h1-24H/i1D,2D,3D,4D,5D,6D,7D,8D,9D,10D,11D,12D,13D,14D,15D,16D,17D,18D,19D,20D,21D,22D,23D,24D. The molecule has 0 spiro atoms. The molecule has 1 heterocycles. The molecule has 0 amide bonds. The Labute approximate surface area is 282 Å². The normalized spacial score (nSPS) is 20.2. The smallest absolute Gasteiger partial charge is 0.135 e. The van der Waals surface area contributed by atoms with Crippen molar-refractivity contribution >= 4 is 53.9 Å². The number of hydrogen-bond acceptors (Lipinski definition) is 1. The fourth-order valence-electron chi connectivity index (χ4n) is 5.64. The maximum absolute atomic E-state index is 9.66. The van der Waals surface area contributed by atoms with E-state index in [4.69, 9.17) is 25.3 Å². The minimum Gasteiger partial charge on any atom is -0.456 e. The molecule has 1 heteroatoms. The lowest BCUT2D eigenvalue weighted by Gasteiger charge is -2.24. The Kier molecular flexibility index (Phi) is 1.96. The van der Waals surface area contributed by atoms with Gasteiger partial charge < -0.3 is 4.74 Å². The van der Waals surface area contributed by atoms with Crippen LogP contribution in [0.15, 0.2) is 145 Å². The van der Waals surface area contributed by atoms with Crippen molar-refractivity contribution in [3.05, 3.63) is 145 Å². The van der Waals surface area contributed by atoms with Gasteiger partial charge in [-0.25, -0.2) is 0 Å². The average Bonchev–Trinajstić information content (AvgIpc) is 3.29. The van der Waals surface area contributed by atoms with Gasteiger partial charge in [0.1, 0.15) is 11.5 Å². The molecule has 0 atom stereocenters. The molecular weight excluding hydrogens is 520 g/mol. The first kappa shape index (κ1) is 9.97. The number of benzene rings is 9. The van der Waals surface area contributed by atoms with E-state index in [1.807, 2.05) is 0 Å². The van der Waals surface area contributed by atoms with Crippen molar-refractivity contribution in [3.8, 4) is 44.9 Å². The van der Waals surface area contributed by atoms with Crippen molar-refractivity contribution in [2.45, 2.75) is 0 Å². The Balaban J connectivity index is 1.43. The molecule has 0 saturated heterocycles. The molecule has 0 aromatic heterocycles. The average molecular weight is 569 g/mol.